The maximum absolute atomic E-state index is 11.5. The van der Waals surface area contributed by atoms with Gasteiger partial charge in [-0.1, -0.05) is 20.8 Å². The van der Waals surface area contributed by atoms with E-state index < -0.39 is 6.10 Å². The number of thiophene rings is 1. The van der Waals surface area contributed by atoms with Crippen LogP contribution in [0.3, 0.4) is 0 Å². The van der Waals surface area contributed by atoms with Crippen molar-refractivity contribution in [3.8, 4) is 0 Å². The van der Waals surface area contributed by atoms with Crippen molar-refractivity contribution in [3.05, 3.63) is 21.9 Å². The van der Waals surface area contributed by atoms with Gasteiger partial charge >= 0.3 is 5.97 Å². The number of ether oxygens (including phenoxy) is 1. The van der Waals surface area contributed by atoms with Crippen molar-refractivity contribution in [2.45, 2.75) is 46.6 Å². The molecule has 0 aliphatic rings. The van der Waals surface area contributed by atoms with Gasteiger partial charge in [0.25, 0.3) is 0 Å². The minimum absolute atomic E-state index is 0.211. The van der Waals surface area contributed by atoms with Gasteiger partial charge in [-0.05, 0) is 37.3 Å². The Hall–Kier alpha value is -0.870. The third kappa shape index (κ3) is 4.78. The molecule has 18 heavy (non-hydrogen) atoms. The first-order valence-corrected chi connectivity index (χ1v) is 7.10. The van der Waals surface area contributed by atoms with E-state index in [1.807, 2.05) is 6.07 Å². The van der Waals surface area contributed by atoms with E-state index >= 15 is 0 Å². The van der Waals surface area contributed by atoms with Crippen molar-refractivity contribution in [3.63, 3.8) is 0 Å². The van der Waals surface area contributed by atoms with Crippen LogP contribution in [0, 0.1) is 5.41 Å². The molecule has 1 rings (SSSR count). The van der Waals surface area contributed by atoms with E-state index in [0.717, 1.165) is 11.3 Å². The predicted molar refractivity (Wildman–Crippen MR) is 73.9 cm³/mol. The smallest absolute Gasteiger partial charge is 0.348 e. The van der Waals surface area contributed by atoms with Crippen LogP contribution in [0.15, 0.2) is 12.1 Å². The summed E-state index contributed by atoms with van der Waals surface area (Å²) in [6, 6.07) is 3.53. The number of carbonyl (C=O) groups excluding carboxylic acids is 1. The average Bonchev–Trinajstić information content (AvgIpc) is 2.74. The van der Waals surface area contributed by atoms with Crippen molar-refractivity contribution >= 4 is 17.3 Å². The van der Waals surface area contributed by atoms with Crippen molar-refractivity contribution < 1.29 is 14.6 Å². The molecule has 0 fully saturated rings. The van der Waals surface area contributed by atoms with Crippen LogP contribution in [-0.2, 0) is 4.74 Å². The quantitative estimate of drug-likeness (QED) is 0.828. The molecule has 0 spiro atoms. The Kier molecular flexibility index (Phi) is 5.35. The summed E-state index contributed by atoms with van der Waals surface area (Å²) in [4.78, 5) is 12.9. The second-order valence-electron chi connectivity index (χ2n) is 5.54. The van der Waals surface area contributed by atoms with Gasteiger partial charge in [0.2, 0.25) is 0 Å². The molecule has 1 aromatic rings. The predicted octanol–water partition coefficient (Wildman–Crippen LogP) is 3.78. The summed E-state index contributed by atoms with van der Waals surface area (Å²) >= 11 is 1.32. The molecule has 0 aromatic carbocycles. The first-order valence-electron chi connectivity index (χ1n) is 6.28. The zero-order valence-electron chi connectivity index (χ0n) is 11.5. The number of carbonyl (C=O) groups is 1. The van der Waals surface area contributed by atoms with E-state index in [-0.39, 0.29) is 11.4 Å². The molecular formula is C14H22O3S. The number of aliphatic hydroxyl groups excluding tert-OH is 1. The normalized spacial score (nSPS) is 13.4. The molecule has 0 saturated heterocycles. The van der Waals surface area contributed by atoms with Crippen molar-refractivity contribution in [1.29, 1.82) is 0 Å². The lowest BCUT2D eigenvalue weighted by atomic mass is 9.89. The lowest BCUT2D eigenvalue weighted by Crippen LogP contribution is -2.07. The summed E-state index contributed by atoms with van der Waals surface area (Å²) in [6.07, 6.45) is 1.17. The maximum Gasteiger partial charge on any atom is 0.348 e. The molecule has 0 radical (unpaired) electrons. The summed E-state index contributed by atoms with van der Waals surface area (Å²) in [7, 11) is 0. The number of hydrogen-bond acceptors (Lipinski definition) is 4. The van der Waals surface area contributed by atoms with Crippen LogP contribution in [0.2, 0.25) is 0 Å². The first-order chi connectivity index (χ1) is 8.33. The second kappa shape index (κ2) is 6.34. The van der Waals surface area contributed by atoms with E-state index in [1.165, 1.54) is 11.3 Å². The molecule has 1 aromatic heterocycles. The fourth-order valence-electron chi connectivity index (χ4n) is 1.56. The van der Waals surface area contributed by atoms with Gasteiger partial charge in [-0.25, -0.2) is 4.79 Å². The molecule has 3 nitrogen and oxygen atoms in total. The van der Waals surface area contributed by atoms with Gasteiger partial charge in [0, 0.05) is 4.88 Å². The topological polar surface area (TPSA) is 46.5 Å². The average molecular weight is 270 g/mol. The van der Waals surface area contributed by atoms with Crippen LogP contribution < -0.4 is 0 Å². The zero-order chi connectivity index (χ0) is 13.8. The van der Waals surface area contributed by atoms with E-state index in [4.69, 9.17) is 4.74 Å². The zero-order valence-corrected chi connectivity index (χ0v) is 12.3. The fraction of sp³-hybridized carbons (Fsp3) is 0.643. The fourth-order valence-corrected chi connectivity index (χ4v) is 2.48. The van der Waals surface area contributed by atoms with E-state index in [9.17, 15) is 9.90 Å². The largest absolute Gasteiger partial charge is 0.462 e. The van der Waals surface area contributed by atoms with Crippen LogP contribution >= 0.6 is 11.3 Å². The van der Waals surface area contributed by atoms with Crippen LogP contribution in [0.5, 0.6) is 0 Å². The lowest BCUT2D eigenvalue weighted by Gasteiger charge is -2.19. The van der Waals surface area contributed by atoms with E-state index in [2.05, 4.69) is 20.8 Å². The summed E-state index contributed by atoms with van der Waals surface area (Å²) in [5, 5.41) is 10.1. The number of aliphatic hydroxyl groups is 1. The Labute approximate surface area is 113 Å². The van der Waals surface area contributed by atoms with Gasteiger partial charge in [-0.15, -0.1) is 11.3 Å². The van der Waals surface area contributed by atoms with Crippen molar-refractivity contribution in [2.75, 3.05) is 6.61 Å². The highest BCUT2D eigenvalue weighted by molar-refractivity contribution is 7.14. The third-order valence-corrected chi connectivity index (χ3v) is 3.77. The number of hydrogen-bond donors (Lipinski definition) is 1. The first kappa shape index (κ1) is 15.2. The maximum atomic E-state index is 11.5. The molecule has 0 aliphatic carbocycles. The van der Waals surface area contributed by atoms with Gasteiger partial charge in [-0.3, -0.25) is 0 Å². The summed E-state index contributed by atoms with van der Waals surface area (Å²) < 4.78 is 4.93. The van der Waals surface area contributed by atoms with Crippen LogP contribution in [0.4, 0.5) is 0 Å². The third-order valence-electron chi connectivity index (χ3n) is 2.60. The summed E-state index contributed by atoms with van der Waals surface area (Å²) in [5.74, 6) is -0.309. The Balaban J connectivity index is 2.59. The molecule has 0 saturated carbocycles. The van der Waals surface area contributed by atoms with Crippen molar-refractivity contribution in [1.82, 2.24) is 0 Å². The molecule has 1 heterocycles. The lowest BCUT2D eigenvalue weighted by molar-refractivity contribution is 0.0532. The molecule has 0 amide bonds. The standard InChI is InChI=1S/C14H22O3S/c1-5-17-13(16)12-7-6-11(18-12)10(15)8-9-14(2,3)4/h6-7,10,15H,5,8-9H2,1-4H3/t10-/m1/s1. The second-order valence-corrected chi connectivity index (χ2v) is 6.65. The highest BCUT2D eigenvalue weighted by Gasteiger charge is 2.18. The Morgan fingerprint density at radius 2 is 2.11 bits per heavy atom. The Bertz CT molecular complexity index is 390. The molecule has 0 aliphatic heterocycles. The highest BCUT2D eigenvalue weighted by atomic mass is 32.1. The van der Waals surface area contributed by atoms with Crippen molar-refractivity contribution in [2.24, 2.45) is 5.41 Å². The summed E-state index contributed by atoms with van der Waals surface area (Å²) in [6.45, 7) is 8.61. The van der Waals surface area contributed by atoms with E-state index in [0.29, 0.717) is 17.9 Å². The molecule has 0 unspecified atom stereocenters. The molecule has 4 heteroatoms. The molecular weight excluding hydrogens is 248 g/mol. The molecule has 102 valence electrons. The van der Waals surface area contributed by atoms with Gasteiger partial charge in [0.15, 0.2) is 0 Å². The molecule has 0 bridgehead atoms. The van der Waals surface area contributed by atoms with Gasteiger partial charge in [-0.2, -0.15) is 0 Å². The Morgan fingerprint density at radius 1 is 1.44 bits per heavy atom. The van der Waals surface area contributed by atoms with Crippen LogP contribution in [0.1, 0.15) is 61.2 Å². The highest BCUT2D eigenvalue weighted by Crippen LogP contribution is 2.31. The van der Waals surface area contributed by atoms with Crippen LogP contribution in [-0.4, -0.2) is 17.7 Å². The minimum Gasteiger partial charge on any atom is -0.462 e. The van der Waals surface area contributed by atoms with E-state index in [1.54, 1.807) is 13.0 Å². The monoisotopic (exact) mass is 270 g/mol. The van der Waals surface area contributed by atoms with Crippen LogP contribution in [0.25, 0.3) is 0 Å². The number of esters is 1. The molecule has 1 N–H and O–H groups in total. The number of rotatable bonds is 5. The minimum atomic E-state index is -0.489. The summed E-state index contributed by atoms with van der Waals surface area (Å²) in [5.41, 5.74) is 0.211. The van der Waals surface area contributed by atoms with Gasteiger partial charge in [0.1, 0.15) is 4.88 Å². The SMILES string of the molecule is CCOC(=O)c1ccc([C@H](O)CCC(C)(C)C)s1. The molecule has 1 atom stereocenters. The van der Waals surface area contributed by atoms with Gasteiger partial charge < -0.3 is 9.84 Å². The van der Waals surface area contributed by atoms with Gasteiger partial charge in [0.05, 0.1) is 12.7 Å². The Morgan fingerprint density at radius 3 is 2.67 bits per heavy atom.